The first-order valence-corrected chi connectivity index (χ1v) is 6.41. The van der Waals surface area contributed by atoms with Crippen molar-refractivity contribution in [2.75, 3.05) is 13.1 Å². The highest BCUT2D eigenvalue weighted by Gasteiger charge is 2.20. The van der Waals surface area contributed by atoms with Gasteiger partial charge in [0.05, 0.1) is 11.2 Å². The van der Waals surface area contributed by atoms with Gasteiger partial charge >= 0.3 is 0 Å². The summed E-state index contributed by atoms with van der Waals surface area (Å²) in [5.74, 6) is 1.68. The van der Waals surface area contributed by atoms with Gasteiger partial charge in [-0.25, -0.2) is 4.98 Å². The third-order valence-corrected chi connectivity index (χ3v) is 3.69. The molecule has 1 unspecified atom stereocenters. The van der Waals surface area contributed by atoms with Crippen LogP contribution in [0.25, 0.3) is 5.52 Å². The molecule has 3 nitrogen and oxygen atoms in total. The minimum absolute atomic E-state index is 0.578. The smallest absolute Gasteiger partial charge is 0.110 e. The molecule has 2 aromatic rings. The van der Waals surface area contributed by atoms with Gasteiger partial charge < -0.3 is 9.72 Å². The van der Waals surface area contributed by atoms with E-state index in [1.165, 1.54) is 29.6 Å². The molecule has 0 aliphatic carbocycles. The first-order chi connectivity index (χ1) is 8.25. The van der Waals surface area contributed by atoms with Gasteiger partial charge in [-0.05, 0) is 50.9 Å². The fraction of sp³-hybridized carbons (Fsp3) is 0.500. The van der Waals surface area contributed by atoms with E-state index in [-0.39, 0.29) is 0 Å². The van der Waals surface area contributed by atoms with Gasteiger partial charge in [-0.1, -0.05) is 0 Å². The van der Waals surface area contributed by atoms with E-state index in [1.54, 1.807) is 0 Å². The molecule has 3 heteroatoms. The van der Waals surface area contributed by atoms with Crippen LogP contribution in [-0.4, -0.2) is 22.5 Å². The number of pyridine rings is 1. The first kappa shape index (κ1) is 10.8. The highest BCUT2D eigenvalue weighted by Crippen LogP contribution is 2.27. The summed E-state index contributed by atoms with van der Waals surface area (Å²) < 4.78 is 2.21. The van der Waals surface area contributed by atoms with Crippen molar-refractivity contribution in [3.63, 3.8) is 0 Å². The molecule has 1 fully saturated rings. The summed E-state index contributed by atoms with van der Waals surface area (Å²) in [6.45, 7) is 6.45. The zero-order valence-corrected chi connectivity index (χ0v) is 10.5. The molecule has 1 aliphatic heterocycles. The Labute approximate surface area is 102 Å². The number of piperidine rings is 1. The van der Waals surface area contributed by atoms with Gasteiger partial charge in [0.25, 0.3) is 0 Å². The van der Waals surface area contributed by atoms with Crippen molar-refractivity contribution in [2.24, 2.45) is 0 Å². The lowest BCUT2D eigenvalue weighted by atomic mass is 9.95. The van der Waals surface area contributed by atoms with E-state index in [1.807, 2.05) is 0 Å². The molecule has 2 aromatic heterocycles. The number of fused-ring (bicyclic) bond motifs is 1. The van der Waals surface area contributed by atoms with E-state index in [2.05, 4.69) is 41.9 Å². The Hall–Kier alpha value is -1.35. The predicted octanol–water partition coefficient (Wildman–Crippen LogP) is 2.42. The van der Waals surface area contributed by atoms with Gasteiger partial charge in [0.2, 0.25) is 0 Å². The minimum Gasteiger partial charge on any atom is -0.316 e. The molecule has 3 rings (SSSR count). The summed E-state index contributed by atoms with van der Waals surface area (Å²) >= 11 is 0. The number of rotatable bonds is 1. The van der Waals surface area contributed by atoms with Crippen LogP contribution in [0.1, 0.15) is 35.8 Å². The summed E-state index contributed by atoms with van der Waals surface area (Å²) in [6.07, 6.45) is 4.65. The van der Waals surface area contributed by atoms with Crippen molar-refractivity contribution >= 4 is 5.52 Å². The number of imidazole rings is 1. The van der Waals surface area contributed by atoms with Crippen molar-refractivity contribution in [3.05, 3.63) is 35.4 Å². The summed E-state index contributed by atoms with van der Waals surface area (Å²) in [4.78, 5) is 4.78. The second kappa shape index (κ2) is 4.15. The molecule has 90 valence electrons. The molecular weight excluding hydrogens is 210 g/mol. The number of hydrogen-bond donors (Lipinski definition) is 1. The minimum atomic E-state index is 0.578. The molecule has 0 amide bonds. The van der Waals surface area contributed by atoms with Gasteiger partial charge in [-0.15, -0.1) is 0 Å². The number of aryl methyl sites for hydroxylation is 2. The molecule has 1 atom stereocenters. The lowest BCUT2D eigenvalue weighted by Crippen LogP contribution is -2.28. The molecule has 0 saturated carbocycles. The maximum atomic E-state index is 4.78. The molecule has 0 bridgehead atoms. The average Bonchev–Trinajstić information content (AvgIpc) is 2.67. The van der Waals surface area contributed by atoms with Crippen LogP contribution in [0.2, 0.25) is 0 Å². The second-order valence-electron chi connectivity index (χ2n) is 5.05. The standard InChI is InChI=1S/C14H19N3/c1-10-5-7-17-11(2)16-14(13(17)8-10)12-4-3-6-15-9-12/h5,7-8,12,15H,3-4,6,9H2,1-2H3. The molecule has 17 heavy (non-hydrogen) atoms. The van der Waals surface area contributed by atoms with Crippen molar-refractivity contribution in [2.45, 2.75) is 32.6 Å². The van der Waals surface area contributed by atoms with Crippen LogP contribution >= 0.6 is 0 Å². The summed E-state index contributed by atoms with van der Waals surface area (Å²) in [7, 11) is 0. The first-order valence-electron chi connectivity index (χ1n) is 6.41. The van der Waals surface area contributed by atoms with E-state index in [4.69, 9.17) is 4.98 Å². The monoisotopic (exact) mass is 229 g/mol. The Bertz CT molecular complexity index is 536. The number of aromatic nitrogens is 2. The predicted molar refractivity (Wildman–Crippen MR) is 69.5 cm³/mol. The maximum Gasteiger partial charge on any atom is 0.110 e. The highest BCUT2D eigenvalue weighted by atomic mass is 15.0. The molecule has 0 radical (unpaired) electrons. The third-order valence-electron chi connectivity index (χ3n) is 3.69. The molecule has 1 saturated heterocycles. The largest absolute Gasteiger partial charge is 0.316 e. The molecule has 3 heterocycles. The van der Waals surface area contributed by atoms with Crippen LogP contribution in [0.5, 0.6) is 0 Å². The van der Waals surface area contributed by atoms with E-state index < -0.39 is 0 Å². The Balaban J connectivity index is 2.11. The molecule has 0 spiro atoms. The Morgan fingerprint density at radius 3 is 3.06 bits per heavy atom. The van der Waals surface area contributed by atoms with Gasteiger partial charge in [-0.2, -0.15) is 0 Å². The van der Waals surface area contributed by atoms with Crippen LogP contribution in [0.3, 0.4) is 0 Å². The normalized spacial score (nSPS) is 20.9. The Morgan fingerprint density at radius 2 is 2.29 bits per heavy atom. The summed E-state index contributed by atoms with van der Waals surface area (Å²) in [5, 5.41) is 3.47. The summed E-state index contributed by atoms with van der Waals surface area (Å²) in [6, 6.07) is 4.40. The van der Waals surface area contributed by atoms with Gasteiger partial charge in [-0.3, -0.25) is 0 Å². The lowest BCUT2D eigenvalue weighted by Gasteiger charge is -2.21. The van der Waals surface area contributed by atoms with E-state index >= 15 is 0 Å². The topological polar surface area (TPSA) is 29.3 Å². The quantitative estimate of drug-likeness (QED) is 0.813. The van der Waals surface area contributed by atoms with Crippen molar-refractivity contribution in [1.82, 2.24) is 14.7 Å². The maximum absolute atomic E-state index is 4.78. The van der Waals surface area contributed by atoms with Crippen LogP contribution < -0.4 is 5.32 Å². The van der Waals surface area contributed by atoms with Crippen molar-refractivity contribution in [1.29, 1.82) is 0 Å². The van der Waals surface area contributed by atoms with E-state index in [9.17, 15) is 0 Å². The SMILES string of the molecule is Cc1ccn2c(C)nc(C3CCCNC3)c2c1. The second-order valence-corrected chi connectivity index (χ2v) is 5.05. The Morgan fingerprint density at radius 1 is 1.41 bits per heavy atom. The fourth-order valence-corrected chi connectivity index (χ4v) is 2.76. The molecular formula is C14H19N3. The van der Waals surface area contributed by atoms with Crippen molar-refractivity contribution in [3.8, 4) is 0 Å². The molecule has 0 aromatic carbocycles. The fourth-order valence-electron chi connectivity index (χ4n) is 2.76. The summed E-state index contributed by atoms with van der Waals surface area (Å²) in [5.41, 5.74) is 3.87. The zero-order chi connectivity index (χ0) is 11.8. The number of hydrogen-bond acceptors (Lipinski definition) is 2. The molecule has 1 aliphatic rings. The van der Waals surface area contributed by atoms with Crippen molar-refractivity contribution < 1.29 is 0 Å². The number of nitrogens with zero attached hydrogens (tertiary/aromatic N) is 2. The van der Waals surface area contributed by atoms with Crippen LogP contribution in [0, 0.1) is 13.8 Å². The van der Waals surface area contributed by atoms with E-state index in [0.717, 1.165) is 18.9 Å². The van der Waals surface area contributed by atoms with E-state index in [0.29, 0.717) is 5.92 Å². The average molecular weight is 229 g/mol. The van der Waals surface area contributed by atoms with Gasteiger partial charge in [0.15, 0.2) is 0 Å². The van der Waals surface area contributed by atoms with Gasteiger partial charge in [0.1, 0.15) is 5.82 Å². The van der Waals surface area contributed by atoms with Gasteiger partial charge in [0, 0.05) is 18.7 Å². The van der Waals surface area contributed by atoms with Crippen LogP contribution in [0.15, 0.2) is 18.3 Å². The van der Waals surface area contributed by atoms with Crippen LogP contribution in [-0.2, 0) is 0 Å². The lowest BCUT2D eigenvalue weighted by molar-refractivity contribution is 0.457. The number of nitrogens with one attached hydrogen (secondary N) is 1. The Kier molecular flexibility index (Phi) is 2.63. The highest BCUT2D eigenvalue weighted by molar-refractivity contribution is 5.56. The van der Waals surface area contributed by atoms with Crippen LogP contribution in [0.4, 0.5) is 0 Å². The third kappa shape index (κ3) is 1.84. The zero-order valence-electron chi connectivity index (χ0n) is 10.5. The molecule has 1 N–H and O–H groups in total.